The highest BCUT2D eigenvalue weighted by atomic mass is 127. The highest BCUT2D eigenvalue weighted by Crippen LogP contribution is 2.66. The van der Waals surface area contributed by atoms with Gasteiger partial charge < -0.3 is 39.2 Å². The van der Waals surface area contributed by atoms with E-state index in [-0.39, 0.29) is 17.1 Å². The summed E-state index contributed by atoms with van der Waals surface area (Å²) in [5.74, 6) is -0.0601. The van der Waals surface area contributed by atoms with E-state index in [9.17, 15) is 47.7 Å². The number of aromatic nitrogens is 4. The number of phosphoric acid groups is 4. The third kappa shape index (κ3) is 8.16. The van der Waals surface area contributed by atoms with Crippen LogP contribution < -0.4 is 9.09 Å². The van der Waals surface area contributed by atoms with E-state index in [1.807, 2.05) is 0 Å². The summed E-state index contributed by atoms with van der Waals surface area (Å²) >= 11 is 1.64. The summed E-state index contributed by atoms with van der Waals surface area (Å²) in [6.45, 7) is -1.18. The molecule has 3 heterocycles. The lowest BCUT2D eigenvalue weighted by Gasteiger charge is -2.22. The molecule has 37 heavy (non-hydrogen) atoms. The molecule has 0 bridgehead atoms. The first kappa shape index (κ1) is 30.9. The molecular weight excluding hydrogens is 713 g/mol. The quantitative estimate of drug-likeness (QED) is 0.0757. The van der Waals surface area contributed by atoms with Crippen molar-refractivity contribution in [2.45, 2.75) is 24.5 Å². The molecule has 22 nitrogen and oxygen atoms in total. The molecule has 0 aromatic carbocycles. The van der Waals surface area contributed by atoms with Crippen LogP contribution in [-0.4, -0.2) is 78.9 Å². The molecule has 4 unspecified atom stereocenters. The van der Waals surface area contributed by atoms with Gasteiger partial charge in [-0.1, -0.05) is 0 Å². The summed E-state index contributed by atoms with van der Waals surface area (Å²) in [6, 6.07) is 0. The number of rotatable bonds is 11. The maximum Gasteiger partial charge on any atom is 0.490 e. The molecule has 1 aliphatic rings. The number of imidazole rings is 1. The van der Waals surface area contributed by atoms with Crippen molar-refractivity contribution in [3.8, 4) is 0 Å². The zero-order chi connectivity index (χ0) is 28.0. The Bertz CT molecular complexity index is 1400. The van der Waals surface area contributed by atoms with Crippen LogP contribution in [0.25, 0.3) is 11.2 Å². The third-order valence-electron chi connectivity index (χ3n) is 4.19. The van der Waals surface area contributed by atoms with Crippen LogP contribution in [0.3, 0.4) is 0 Å². The second kappa shape index (κ2) is 11.1. The predicted octanol–water partition coefficient (Wildman–Crippen LogP) is -1.04. The largest absolute Gasteiger partial charge is 0.490 e. The van der Waals surface area contributed by atoms with Gasteiger partial charge in [-0.3, -0.25) is 26.9 Å². The van der Waals surface area contributed by atoms with Gasteiger partial charge in [-0.15, -0.1) is 0 Å². The number of H-pyrrole nitrogens is 1. The van der Waals surface area contributed by atoms with Crippen LogP contribution in [-0.2, 0) is 40.7 Å². The van der Waals surface area contributed by atoms with Gasteiger partial charge in [-0.25, -0.2) is 23.2 Å². The standard InChI is InChI=1S/C10H16IN5O17P4/c11-15-10-13-7-4(8(18)14-10)12-2-16(7)9-6(31-34(19,20)21)5(17)3(30-9)1-29-36(25,26)33-37(27,28)32-35(22,23)24/h2-3,5-6,9,17H,1H2,(H,25,26)(H,27,28)(H2,19,20,21)(H2,22,23,24)(H2,13,14,15,18)/t3-,5?,6?,9-/m1/s1. The Morgan fingerprint density at radius 1 is 1.08 bits per heavy atom. The molecule has 0 aliphatic carbocycles. The van der Waals surface area contributed by atoms with Gasteiger partial charge in [0.05, 0.1) is 35.8 Å². The number of nitrogens with one attached hydrogen (secondary N) is 2. The van der Waals surface area contributed by atoms with Gasteiger partial charge in [-0.05, 0) is 0 Å². The average molecular weight is 729 g/mol. The van der Waals surface area contributed by atoms with Crippen molar-refractivity contribution >= 4 is 71.3 Å². The smallest absolute Gasteiger partial charge is 0.387 e. The highest BCUT2D eigenvalue weighted by Gasteiger charge is 2.50. The number of anilines is 1. The normalized spacial score (nSPS) is 26.2. The van der Waals surface area contributed by atoms with Crippen LogP contribution >= 0.6 is 54.2 Å². The minimum Gasteiger partial charge on any atom is -0.387 e. The first-order valence-electron chi connectivity index (χ1n) is 9.00. The van der Waals surface area contributed by atoms with Crippen molar-refractivity contribution in [1.82, 2.24) is 19.5 Å². The Kier molecular flexibility index (Phi) is 9.23. The third-order valence-corrected chi connectivity index (χ3v) is 9.02. The van der Waals surface area contributed by atoms with Gasteiger partial charge in [0.15, 0.2) is 17.4 Å². The van der Waals surface area contributed by atoms with Crippen molar-refractivity contribution in [3.63, 3.8) is 0 Å². The van der Waals surface area contributed by atoms with Gasteiger partial charge in [0.25, 0.3) is 5.56 Å². The van der Waals surface area contributed by atoms with E-state index in [4.69, 9.17) is 14.5 Å². The predicted molar refractivity (Wildman–Crippen MR) is 122 cm³/mol. The number of phosphoric ester groups is 2. The summed E-state index contributed by atoms with van der Waals surface area (Å²) in [6.07, 6.45) is -6.43. The average Bonchev–Trinajstić information content (AvgIpc) is 3.24. The SMILES string of the molecule is O=c1[nH]c(NI)nc2c1ncn2[C@@H]1O[C@H](COP(=O)(O)OP(=O)(O)OP(=O)(O)O)C(O)C1OP(=O)(O)O. The molecule has 27 heteroatoms. The van der Waals surface area contributed by atoms with E-state index < -0.39 is 68.0 Å². The first-order valence-corrected chi connectivity index (χ1v) is 16.1. The Labute approximate surface area is 217 Å². The zero-order valence-electron chi connectivity index (χ0n) is 17.3. The molecule has 210 valence electrons. The molecule has 2 aromatic rings. The molecule has 1 aliphatic heterocycles. The molecular formula is C10H16IN5O17P4. The fourth-order valence-corrected chi connectivity index (χ4v) is 6.81. The molecule has 9 N–H and O–H groups in total. The number of hydrogen-bond acceptors (Lipinski definition) is 14. The molecule has 0 radical (unpaired) electrons. The number of hydrogen-bond donors (Lipinski definition) is 9. The van der Waals surface area contributed by atoms with E-state index in [1.54, 1.807) is 22.9 Å². The second-order valence-electron chi connectivity index (χ2n) is 6.84. The van der Waals surface area contributed by atoms with E-state index in [1.165, 1.54) is 0 Å². The number of aliphatic hydroxyl groups is 1. The lowest BCUT2D eigenvalue weighted by molar-refractivity contribution is -0.0497. The zero-order valence-corrected chi connectivity index (χ0v) is 23.1. The molecule has 6 atom stereocenters. The number of halogens is 1. The molecule has 3 rings (SSSR count). The van der Waals surface area contributed by atoms with Gasteiger partial charge in [0, 0.05) is 0 Å². The van der Waals surface area contributed by atoms with Crippen molar-refractivity contribution in [1.29, 1.82) is 0 Å². The van der Waals surface area contributed by atoms with Crippen LogP contribution in [0.4, 0.5) is 5.95 Å². The van der Waals surface area contributed by atoms with Crippen LogP contribution in [0.5, 0.6) is 0 Å². The topological polar surface area (TPSA) is 332 Å². The molecule has 0 spiro atoms. The van der Waals surface area contributed by atoms with Crippen molar-refractivity contribution in [2.75, 3.05) is 10.1 Å². The van der Waals surface area contributed by atoms with Gasteiger partial charge >= 0.3 is 31.3 Å². The number of ether oxygens (including phenoxy) is 1. The summed E-state index contributed by atoms with van der Waals surface area (Å²) in [4.78, 5) is 76.8. The molecule has 1 saturated heterocycles. The van der Waals surface area contributed by atoms with Crippen molar-refractivity contribution in [3.05, 3.63) is 16.7 Å². The second-order valence-corrected chi connectivity index (χ2v) is 13.0. The van der Waals surface area contributed by atoms with Crippen LogP contribution in [0.1, 0.15) is 6.23 Å². The molecule has 1 fully saturated rings. The van der Waals surface area contributed by atoms with Crippen molar-refractivity contribution < 1.29 is 75.1 Å². The van der Waals surface area contributed by atoms with E-state index in [0.717, 1.165) is 10.9 Å². The first-order chi connectivity index (χ1) is 16.8. The molecule has 0 saturated carbocycles. The maximum atomic E-state index is 12.2. The lowest BCUT2D eigenvalue weighted by Crippen LogP contribution is -2.35. The lowest BCUT2D eigenvalue weighted by atomic mass is 10.1. The van der Waals surface area contributed by atoms with Crippen molar-refractivity contribution in [2.24, 2.45) is 0 Å². The minimum atomic E-state index is -5.84. The molecule has 0 amide bonds. The summed E-state index contributed by atoms with van der Waals surface area (Å²) in [5.41, 5.74) is -1.17. The summed E-state index contributed by atoms with van der Waals surface area (Å²) < 4.78 is 70.6. The fourth-order valence-electron chi connectivity index (χ4n) is 2.98. The Morgan fingerprint density at radius 3 is 2.30 bits per heavy atom. The maximum absolute atomic E-state index is 12.2. The van der Waals surface area contributed by atoms with Crippen LogP contribution in [0.15, 0.2) is 11.1 Å². The van der Waals surface area contributed by atoms with Gasteiger partial charge in [0.2, 0.25) is 5.95 Å². The van der Waals surface area contributed by atoms with Crippen LogP contribution in [0, 0.1) is 0 Å². The Balaban J connectivity index is 1.87. The van der Waals surface area contributed by atoms with E-state index >= 15 is 0 Å². The Morgan fingerprint density at radius 2 is 1.73 bits per heavy atom. The minimum absolute atomic E-state index is 0.0601. The summed E-state index contributed by atoms with van der Waals surface area (Å²) in [7, 11) is -22.4. The number of fused-ring (bicyclic) bond motifs is 1. The number of aromatic amines is 1. The van der Waals surface area contributed by atoms with E-state index in [0.29, 0.717) is 0 Å². The van der Waals surface area contributed by atoms with Crippen LogP contribution in [0.2, 0.25) is 0 Å². The van der Waals surface area contributed by atoms with Gasteiger partial charge in [-0.2, -0.15) is 13.6 Å². The highest BCUT2D eigenvalue weighted by molar-refractivity contribution is 14.1. The number of aliphatic hydroxyl groups excluding tert-OH is 1. The monoisotopic (exact) mass is 729 g/mol. The molecule has 2 aromatic heterocycles. The fraction of sp³-hybridized carbons (Fsp3) is 0.500. The van der Waals surface area contributed by atoms with E-state index in [2.05, 4.69) is 36.2 Å². The van der Waals surface area contributed by atoms with Gasteiger partial charge in [0.1, 0.15) is 18.3 Å². The summed E-state index contributed by atoms with van der Waals surface area (Å²) in [5, 5.41) is 10.5. The number of nitrogens with zero attached hydrogens (tertiary/aromatic N) is 3. The Hall–Kier alpha value is -0.680.